The van der Waals surface area contributed by atoms with E-state index < -0.39 is 0 Å². The Kier molecular flexibility index (Phi) is 4.31. The van der Waals surface area contributed by atoms with Crippen LogP contribution in [0.1, 0.15) is 59.3 Å². The van der Waals surface area contributed by atoms with Crippen LogP contribution in [0.3, 0.4) is 0 Å². The first-order valence-electron chi connectivity index (χ1n) is 7.59. The van der Waals surface area contributed by atoms with Gasteiger partial charge in [-0.15, -0.1) is 0 Å². The van der Waals surface area contributed by atoms with Crippen molar-refractivity contribution in [2.75, 3.05) is 13.2 Å². The zero-order chi connectivity index (χ0) is 13.2. The molecule has 0 radical (unpaired) electrons. The molecular formula is C15H28N2O. The van der Waals surface area contributed by atoms with Crippen molar-refractivity contribution in [3.8, 4) is 0 Å². The molecule has 0 bridgehead atoms. The fraction of sp³-hybridized carbons (Fsp3) is 0.933. The molecule has 0 aromatic heterocycles. The molecular weight excluding hydrogens is 224 g/mol. The molecule has 0 spiro atoms. The maximum atomic E-state index is 12.2. The van der Waals surface area contributed by atoms with Crippen LogP contribution in [0.5, 0.6) is 0 Å². The largest absolute Gasteiger partial charge is 0.328 e. The maximum Gasteiger partial charge on any atom is 0.243 e. The summed E-state index contributed by atoms with van der Waals surface area (Å²) in [7, 11) is 0. The smallest absolute Gasteiger partial charge is 0.243 e. The summed E-state index contributed by atoms with van der Waals surface area (Å²) < 4.78 is 0. The van der Waals surface area contributed by atoms with Gasteiger partial charge in [0.1, 0.15) is 0 Å². The third-order valence-corrected chi connectivity index (χ3v) is 5.07. The van der Waals surface area contributed by atoms with Crippen LogP contribution in [0.25, 0.3) is 0 Å². The lowest BCUT2D eigenvalue weighted by Gasteiger charge is -2.28. The van der Waals surface area contributed by atoms with Crippen LogP contribution in [0.2, 0.25) is 0 Å². The Bertz CT molecular complexity index is 297. The van der Waals surface area contributed by atoms with Gasteiger partial charge < -0.3 is 4.90 Å². The van der Waals surface area contributed by atoms with Gasteiger partial charge >= 0.3 is 0 Å². The topological polar surface area (TPSA) is 32.3 Å². The fourth-order valence-corrected chi connectivity index (χ4v) is 3.18. The number of hydrogen-bond acceptors (Lipinski definition) is 2. The predicted octanol–water partition coefficient (Wildman–Crippen LogP) is 2.76. The number of nitrogens with one attached hydrogen (secondary N) is 1. The molecule has 1 heterocycles. The van der Waals surface area contributed by atoms with E-state index in [0.717, 1.165) is 31.5 Å². The summed E-state index contributed by atoms with van der Waals surface area (Å²) in [5.41, 5.74) is -0.304. The third kappa shape index (κ3) is 2.87. The summed E-state index contributed by atoms with van der Waals surface area (Å²) in [5.74, 6) is 2.07. The summed E-state index contributed by atoms with van der Waals surface area (Å²) in [4.78, 5) is 14.3. The van der Waals surface area contributed by atoms with E-state index >= 15 is 0 Å². The fourth-order valence-electron chi connectivity index (χ4n) is 3.18. The van der Waals surface area contributed by atoms with Crippen LogP contribution in [0.15, 0.2) is 0 Å². The average Bonchev–Trinajstić information content (AvgIpc) is 2.67. The van der Waals surface area contributed by atoms with E-state index in [4.69, 9.17) is 0 Å². The highest BCUT2D eigenvalue weighted by Gasteiger charge is 2.40. The van der Waals surface area contributed by atoms with Crippen molar-refractivity contribution in [1.29, 1.82) is 0 Å². The minimum atomic E-state index is -0.304. The molecule has 2 rings (SSSR count). The van der Waals surface area contributed by atoms with Crippen molar-refractivity contribution >= 4 is 5.91 Å². The minimum Gasteiger partial charge on any atom is -0.328 e. The first kappa shape index (κ1) is 13.9. The molecule has 2 aliphatic rings. The number of carbonyl (C=O) groups excluding carboxylic acids is 1. The molecule has 1 saturated carbocycles. The molecule has 0 aromatic rings. The lowest BCUT2D eigenvalue weighted by Crippen LogP contribution is -2.43. The summed E-state index contributed by atoms with van der Waals surface area (Å²) in [6, 6.07) is 0. The maximum absolute atomic E-state index is 12.2. The predicted molar refractivity (Wildman–Crippen MR) is 74.2 cm³/mol. The van der Waals surface area contributed by atoms with E-state index in [9.17, 15) is 4.79 Å². The molecule has 1 atom stereocenters. The number of hydrogen-bond donors (Lipinski definition) is 1. The van der Waals surface area contributed by atoms with Crippen LogP contribution in [0.4, 0.5) is 0 Å². The van der Waals surface area contributed by atoms with Gasteiger partial charge in [0.05, 0.1) is 12.2 Å². The lowest BCUT2D eigenvalue weighted by molar-refractivity contribution is -0.132. The summed E-state index contributed by atoms with van der Waals surface area (Å²) in [6.07, 6.45) is 7.56. The van der Waals surface area contributed by atoms with Gasteiger partial charge in [-0.05, 0) is 31.6 Å². The van der Waals surface area contributed by atoms with Crippen LogP contribution < -0.4 is 5.32 Å². The molecule has 3 heteroatoms. The van der Waals surface area contributed by atoms with Gasteiger partial charge in [-0.2, -0.15) is 0 Å². The van der Waals surface area contributed by atoms with Crippen molar-refractivity contribution in [2.45, 2.75) is 64.8 Å². The van der Waals surface area contributed by atoms with E-state index in [1.165, 1.54) is 32.1 Å². The summed E-state index contributed by atoms with van der Waals surface area (Å²) in [5, 5.41) is 3.35. The van der Waals surface area contributed by atoms with Crippen molar-refractivity contribution in [3.63, 3.8) is 0 Å². The molecule has 18 heavy (non-hydrogen) atoms. The Hall–Kier alpha value is -0.570. The van der Waals surface area contributed by atoms with E-state index in [-0.39, 0.29) is 5.54 Å². The molecule has 2 fully saturated rings. The molecule has 1 aliphatic carbocycles. The third-order valence-electron chi connectivity index (χ3n) is 5.07. The van der Waals surface area contributed by atoms with Gasteiger partial charge in [0.2, 0.25) is 5.91 Å². The van der Waals surface area contributed by atoms with Crippen molar-refractivity contribution in [3.05, 3.63) is 0 Å². The highest BCUT2D eigenvalue weighted by Crippen LogP contribution is 2.31. The number of amides is 1. The van der Waals surface area contributed by atoms with Gasteiger partial charge in [-0.25, -0.2) is 0 Å². The molecule has 104 valence electrons. The lowest BCUT2D eigenvalue weighted by atomic mass is 9.81. The minimum absolute atomic E-state index is 0.300. The number of rotatable bonds is 4. The van der Waals surface area contributed by atoms with E-state index in [2.05, 4.69) is 19.2 Å². The highest BCUT2D eigenvalue weighted by molar-refractivity contribution is 5.87. The molecule has 1 unspecified atom stereocenters. The molecule has 1 amide bonds. The van der Waals surface area contributed by atoms with Crippen LogP contribution in [0, 0.1) is 11.8 Å². The Morgan fingerprint density at radius 3 is 2.56 bits per heavy atom. The van der Waals surface area contributed by atoms with E-state index in [0.29, 0.717) is 5.91 Å². The Morgan fingerprint density at radius 1 is 1.33 bits per heavy atom. The van der Waals surface area contributed by atoms with Crippen LogP contribution >= 0.6 is 0 Å². The second kappa shape index (κ2) is 5.60. The highest BCUT2D eigenvalue weighted by atomic mass is 16.2. The average molecular weight is 252 g/mol. The monoisotopic (exact) mass is 252 g/mol. The quantitative estimate of drug-likeness (QED) is 0.834. The molecule has 1 N–H and O–H groups in total. The standard InChI is InChI=1S/C15H28N2O/c1-4-15(3)14(18)17(11-16-15)10-9-13-7-5-12(2)6-8-13/h12-13,16H,4-11H2,1-3H3. The molecule has 0 aromatic carbocycles. The number of carbonyl (C=O) groups is 1. The van der Waals surface area contributed by atoms with Crippen molar-refractivity contribution in [1.82, 2.24) is 10.2 Å². The van der Waals surface area contributed by atoms with Gasteiger partial charge in [0.25, 0.3) is 0 Å². The first-order valence-corrected chi connectivity index (χ1v) is 7.59. The Labute approximate surface area is 111 Å². The zero-order valence-corrected chi connectivity index (χ0v) is 12.2. The Morgan fingerprint density at radius 2 is 2.00 bits per heavy atom. The second-order valence-corrected chi connectivity index (χ2v) is 6.50. The zero-order valence-electron chi connectivity index (χ0n) is 12.2. The van der Waals surface area contributed by atoms with Gasteiger partial charge in [0.15, 0.2) is 0 Å². The van der Waals surface area contributed by atoms with E-state index in [1.807, 2.05) is 11.8 Å². The van der Waals surface area contributed by atoms with Crippen LogP contribution in [-0.4, -0.2) is 29.6 Å². The van der Waals surface area contributed by atoms with Crippen molar-refractivity contribution in [2.24, 2.45) is 11.8 Å². The first-order chi connectivity index (χ1) is 8.55. The summed E-state index contributed by atoms with van der Waals surface area (Å²) in [6.45, 7) is 8.15. The van der Waals surface area contributed by atoms with Crippen molar-refractivity contribution < 1.29 is 4.79 Å². The number of nitrogens with zero attached hydrogens (tertiary/aromatic N) is 1. The van der Waals surface area contributed by atoms with Crippen LogP contribution in [-0.2, 0) is 4.79 Å². The normalized spacial score (nSPS) is 37.3. The SMILES string of the molecule is CCC1(C)NCN(CCC2CCC(C)CC2)C1=O. The molecule has 1 saturated heterocycles. The van der Waals surface area contributed by atoms with Gasteiger partial charge in [0, 0.05) is 6.54 Å². The van der Waals surface area contributed by atoms with Gasteiger partial charge in [-0.3, -0.25) is 10.1 Å². The molecule has 1 aliphatic heterocycles. The Balaban J connectivity index is 1.76. The second-order valence-electron chi connectivity index (χ2n) is 6.50. The van der Waals surface area contributed by atoms with Gasteiger partial charge in [-0.1, -0.05) is 39.5 Å². The molecule has 3 nitrogen and oxygen atoms in total. The van der Waals surface area contributed by atoms with E-state index in [1.54, 1.807) is 0 Å². The summed E-state index contributed by atoms with van der Waals surface area (Å²) >= 11 is 0.